The number of nitrogens with one attached hydrogen (secondary N) is 1. The molecule has 1 aromatic rings. The Labute approximate surface area is 221 Å². The zero-order chi connectivity index (χ0) is 27.3. The molecule has 1 aliphatic heterocycles. The quantitative estimate of drug-likeness (QED) is 0.0942. The maximum atomic E-state index is 11.8. The molecule has 1 aromatic heterocycles. The van der Waals surface area contributed by atoms with E-state index in [1.807, 2.05) is 18.2 Å². The van der Waals surface area contributed by atoms with E-state index in [9.17, 15) is 32.4 Å². The Morgan fingerprint density at radius 3 is 2.49 bits per heavy atom. The van der Waals surface area contributed by atoms with Gasteiger partial charge in [-0.3, -0.25) is 23.7 Å². The third-order valence-electron chi connectivity index (χ3n) is 4.73. The van der Waals surface area contributed by atoms with Crippen LogP contribution in [0.3, 0.4) is 0 Å². The highest BCUT2D eigenvalue weighted by molar-refractivity contribution is 8.76. The maximum absolute atomic E-state index is 11.8. The molecule has 1 atom stereocenters. The van der Waals surface area contributed by atoms with Gasteiger partial charge in [0, 0.05) is 37.8 Å². The van der Waals surface area contributed by atoms with E-state index in [-0.39, 0.29) is 43.3 Å². The summed E-state index contributed by atoms with van der Waals surface area (Å²) in [5.74, 6) is -3.30. The van der Waals surface area contributed by atoms with Crippen molar-refractivity contribution in [3.8, 4) is 0 Å². The Morgan fingerprint density at radius 2 is 1.84 bits per heavy atom. The van der Waals surface area contributed by atoms with Gasteiger partial charge in [-0.05, 0) is 42.2 Å². The zero-order valence-corrected chi connectivity index (χ0v) is 22.1. The molecule has 0 bridgehead atoms. The van der Waals surface area contributed by atoms with Crippen LogP contribution in [-0.2, 0) is 43.7 Å². The molecule has 37 heavy (non-hydrogen) atoms. The molecule has 1 unspecified atom stereocenters. The average molecular weight is 578 g/mol. The number of hydroxylamine groups is 2. The largest absolute Gasteiger partial charge is 0.466 e. The third kappa shape index (κ3) is 11.5. The van der Waals surface area contributed by atoms with Crippen LogP contribution >= 0.6 is 21.6 Å². The summed E-state index contributed by atoms with van der Waals surface area (Å²) >= 11 is 0. The van der Waals surface area contributed by atoms with E-state index in [0.717, 1.165) is 5.03 Å². The molecular weight excluding hydrogens is 550 g/mol. The second-order valence-corrected chi connectivity index (χ2v) is 11.7. The second-order valence-electron chi connectivity index (χ2n) is 7.65. The van der Waals surface area contributed by atoms with Gasteiger partial charge in [-0.25, -0.2) is 9.78 Å². The van der Waals surface area contributed by atoms with Crippen LogP contribution in [0.1, 0.15) is 44.9 Å². The molecule has 1 aliphatic rings. The van der Waals surface area contributed by atoms with Gasteiger partial charge in [-0.1, -0.05) is 16.9 Å². The lowest BCUT2D eigenvalue weighted by Gasteiger charge is -2.13. The fraction of sp³-hybridized carbons (Fsp3) is 0.524. The van der Waals surface area contributed by atoms with Gasteiger partial charge in [0.25, 0.3) is 21.9 Å². The van der Waals surface area contributed by atoms with E-state index in [4.69, 9.17) is 9.29 Å². The highest BCUT2D eigenvalue weighted by atomic mass is 33.1. The number of carbonyl (C=O) groups is 5. The summed E-state index contributed by atoms with van der Waals surface area (Å²) in [5.41, 5.74) is 0. The van der Waals surface area contributed by atoms with Crippen LogP contribution < -0.4 is 5.32 Å². The summed E-state index contributed by atoms with van der Waals surface area (Å²) in [4.78, 5) is 67.6. The van der Waals surface area contributed by atoms with Gasteiger partial charge < -0.3 is 14.9 Å². The van der Waals surface area contributed by atoms with Gasteiger partial charge in [-0.15, -0.1) is 5.06 Å². The lowest BCUT2D eigenvalue weighted by Crippen LogP contribution is -2.36. The van der Waals surface area contributed by atoms with Crippen molar-refractivity contribution >= 4 is 61.4 Å². The highest BCUT2D eigenvalue weighted by Crippen LogP contribution is 2.29. The molecule has 0 radical (unpaired) electrons. The molecule has 16 heteroatoms. The van der Waals surface area contributed by atoms with Crippen LogP contribution in [0.4, 0.5) is 0 Å². The van der Waals surface area contributed by atoms with E-state index in [2.05, 4.69) is 15.1 Å². The minimum Gasteiger partial charge on any atom is -0.466 e. The van der Waals surface area contributed by atoms with Gasteiger partial charge in [0.2, 0.25) is 5.91 Å². The Morgan fingerprint density at radius 1 is 1.11 bits per heavy atom. The Bertz CT molecular complexity index is 1070. The molecule has 1 fully saturated rings. The third-order valence-corrected chi connectivity index (χ3v) is 8.08. The number of hydrogen-bond donors (Lipinski definition) is 2. The zero-order valence-electron chi connectivity index (χ0n) is 19.7. The number of pyridine rings is 1. The molecule has 2 heterocycles. The monoisotopic (exact) mass is 577 g/mol. The highest BCUT2D eigenvalue weighted by Gasteiger charge is 2.48. The molecule has 1 saturated heterocycles. The number of imide groups is 1. The lowest BCUT2D eigenvalue weighted by molar-refractivity contribution is -0.197. The second kappa shape index (κ2) is 15.5. The first-order valence-electron chi connectivity index (χ1n) is 11.2. The molecule has 0 saturated carbocycles. The summed E-state index contributed by atoms with van der Waals surface area (Å²) in [6.45, 7) is 0.488. The molecular formula is C21H27N3O10S3. The number of nitrogens with zero attached hydrogens (tertiary/aromatic N) is 2. The fourth-order valence-electron chi connectivity index (χ4n) is 2.88. The summed E-state index contributed by atoms with van der Waals surface area (Å²) < 4.78 is 36.2. The topological polar surface area (TPSA) is 186 Å². The van der Waals surface area contributed by atoms with Gasteiger partial charge in [-0.2, -0.15) is 8.42 Å². The molecule has 0 aromatic carbocycles. The van der Waals surface area contributed by atoms with Crippen LogP contribution in [0.15, 0.2) is 29.4 Å². The first-order chi connectivity index (χ1) is 17.6. The van der Waals surface area contributed by atoms with Crippen molar-refractivity contribution in [1.29, 1.82) is 0 Å². The van der Waals surface area contributed by atoms with Gasteiger partial charge in [0.05, 0.1) is 13.0 Å². The molecule has 0 aliphatic carbocycles. The van der Waals surface area contributed by atoms with E-state index in [1.54, 1.807) is 6.20 Å². The summed E-state index contributed by atoms with van der Waals surface area (Å²) in [5, 5.41) is 1.67. The van der Waals surface area contributed by atoms with Crippen molar-refractivity contribution in [2.24, 2.45) is 0 Å². The van der Waals surface area contributed by atoms with Crippen molar-refractivity contribution in [1.82, 2.24) is 15.4 Å². The van der Waals surface area contributed by atoms with Crippen LogP contribution in [0.2, 0.25) is 0 Å². The number of ether oxygens (including phenoxy) is 1. The Kier molecular flexibility index (Phi) is 12.8. The van der Waals surface area contributed by atoms with Crippen molar-refractivity contribution in [2.45, 2.75) is 55.2 Å². The van der Waals surface area contributed by atoms with Gasteiger partial charge in [0.1, 0.15) is 5.03 Å². The van der Waals surface area contributed by atoms with E-state index in [1.165, 1.54) is 21.6 Å². The standard InChI is InChI=1S/C21H27N3O10S3/c25-16(9-13-35-36-17-6-3-4-10-23-17)22-11-5-12-33-19(27)7-1-2-8-20(28)34-24-18(26)14-15(21(24)29)37(30,31)32/h3-4,6,10,15H,1-2,5,7-9,11-14H2,(H,22,25)(H,30,31,32). The summed E-state index contributed by atoms with van der Waals surface area (Å²) in [6, 6.07) is 5.61. The van der Waals surface area contributed by atoms with Gasteiger partial charge in [0.15, 0.2) is 5.25 Å². The molecule has 3 amide bonds. The fourth-order valence-corrected chi connectivity index (χ4v) is 5.45. The molecule has 13 nitrogen and oxygen atoms in total. The molecule has 2 rings (SSSR count). The normalized spacial score (nSPS) is 15.5. The van der Waals surface area contributed by atoms with Crippen LogP contribution in [0, 0.1) is 0 Å². The maximum Gasteiger partial charge on any atom is 0.333 e. The van der Waals surface area contributed by atoms with E-state index >= 15 is 0 Å². The van der Waals surface area contributed by atoms with Crippen LogP contribution in [0.25, 0.3) is 0 Å². The van der Waals surface area contributed by atoms with E-state index in [0.29, 0.717) is 25.1 Å². The predicted molar refractivity (Wildman–Crippen MR) is 132 cm³/mol. The first-order valence-corrected chi connectivity index (χ1v) is 15.1. The van der Waals surface area contributed by atoms with Crippen molar-refractivity contribution in [3.05, 3.63) is 24.4 Å². The first kappa shape index (κ1) is 30.5. The molecule has 2 N–H and O–H groups in total. The Balaban J connectivity index is 1.46. The number of rotatable bonds is 16. The van der Waals surface area contributed by atoms with Crippen molar-refractivity contribution in [2.75, 3.05) is 18.9 Å². The number of esters is 1. The van der Waals surface area contributed by atoms with Crippen LogP contribution in [-0.4, -0.2) is 76.8 Å². The lowest BCUT2D eigenvalue weighted by atomic mass is 10.2. The van der Waals surface area contributed by atoms with Crippen LogP contribution in [0.5, 0.6) is 0 Å². The number of carbonyl (C=O) groups excluding carboxylic acids is 5. The van der Waals surface area contributed by atoms with Crippen molar-refractivity contribution in [3.63, 3.8) is 0 Å². The minimum absolute atomic E-state index is 0.0250. The molecule has 0 spiro atoms. The number of hydrogen-bond acceptors (Lipinski definition) is 12. The minimum atomic E-state index is -4.79. The number of aromatic nitrogens is 1. The predicted octanol–water partition coefficient (Wildman–Crippen LogP) is 1.30. The summed E-state index contributed by atoms with van der Waals surface area (Å²) in [7, 11) is -1.76. The molecule has 204 valence electrons. The van der Waals surface area contributed by atoms with Crippen molar-refractivity contribution < 1.29 is 46.5 Å². The number of unbranched alkanes of at least 4 members (excludes halogenated alkanes) is 1. The summed E-state index contributed by atoms with van der Waals surface area (Å²) in [6.07, 6.45) is 1.95. The number of amides is 3. The SMILES string of the molecule is O=C(CCSSc1ccccn1)NCCCOC(=O)CCCCC(=O)ON1C(=O)CC(S(=O)(=O)O)C1=O. The smallest absolute Gasteiger partial charge is 0.333 e. The van der Waals surface area contributed by atoms with Gasteiger partial charge >= 0.3 is 11.9 Å². The van der Waals surface area contributed by atoms with E-state index < -0.39 is 45.5 Å². The Hall–Kier alpha value is -2.69. The average Bonchev–Trinajstić information content (AvgIpc) is 3.13.